The van der Waals surface area contributed by atoms with Crippen LogP contribution in [0.4, 0.5) is 8.78 Å². The molecule has 2 aromatic rings. The van der Waals surface area contributed by atoms with Crippen molar-refractivity contribution in [2.75, 3.05) is 0 Å². The summed E-state index contributed by atoms with van der Waals surface area (Å²) in [7, 11) is 0. The van der Waals surface area contributed by atoms with Gasteiger partial charge >= 0.3 is 0 Å². The molecule has 0 spiro atoms. The Bertz CT molecular complexity index is 540. The van der Waals surface area contributed by atoms with Crippen LogP contribution in [-0.4, -0.2) is 11.3 Å². The minimum Gasteiger partial charge on any atom is -0.298 e. The van der Waals surface area contributed by atoms with Crippen molar-refractivity contribution in [3.05, 3.63) is 53.9 Å². The molecule has 1 aromatic heterocycles. The van der Waals surface area contributed by atoms with Gasteiger partial charge in [0.25, 0.3) is 0 Å². The van der Waals surface area contributed by atoms with Crippen LogP contribution in [0.2, 0.25) is 0 Å². The maximum absolute atomic E-state index is 13.5. The van der Waals surface area contributed by atoms with Crippen LogP contribution in [0.3, 0.4) is 0 Å². The maximum Gasteiger partial charge on any atom is 0.152 e. The highest BCUT2D eigenvalue weighted by molar-refractivity contribution is 5.87. The molecule has 0 aliphatic rings. The Morgan fingerprint density at radius 2 is 1.94 bits per heavy atom. The van der Waals surface area contributed by atoms with Gasteiger partial charge in [-0.25, -0.2) is 8.78 Å². The first-order chi connectivity index (χ1) is 7.72. The van der Waals surface area contributed by atoms with Crippen LogP contribution in [-0.2, 0) is 0 Å². The third kappa shape index (κ3) is 1.82. The summed E-state index contributed by atoms with van der Waals surface area (Å²) < 4.78 is 26.2. The van der Waals surface area contributed by atoms with E-state index in [-0.39, 0.29) is 11.1 Å². The first-order valence-electron chi connectivity index (χ1n) is 4.57. The van der Waals surface area contributed by atoms with Crippen molar-refractivity contribution in [3.8, 4) is 11.1 Å². The van der Waals surface area contributed by atoms with Gasteiger partial charge in [0.05, 0.1) is 0 Å². The van der Waals surface area contributed by atoms with Crippen LogP contribution in [0.5, 0.6) is 0 Å². The highest BCUT2D eigenvalue weighted by Gasteiger charge is 2.09. The van der Waals surface area contributed by atoms with E-state index in [9.17, 15) is 13.6 Å². The van der Waals surface area contributed by atoms with Crippen LogP contribution >= 0.6 is 0 Å². The first-order valence-corrected chi connectivity index (χ1v) is 4.57. The zero-order chi connectivity index (χ0) is 11.5. The van der Waals surface area contributed by atoms with Gasteiger partial charge in [0, 0.05) is 29.6 Å². The van der Waals surface area contributed by atoms with Gasteiger partial charge in [-0.2, -0.15) is 0 Å². The molecule has 4 heteroatoms. The monoisotopic (exact) mass is 219 g/mol. The van der Waals surface area contributed by atoms with E-state index >= 15 is 0 Å². The molecule has 2 rings (SSSR count). The number of hydrogen-bond acceptors (Lipinski definition) is 2. The van der Waals surface area contributed by atoms with Crippen LogP contribution < -0.4 is 0 Å². The zero-order valence-corrected chi connectivity index (χ0v) is 8.15. The summed E-state index contributed by atoms with van der Waals surface area (Å²) in [5.74, 6) is -1.35. The third-order valence-corrected chi connectivity index (χ3v) is 2.20. The molecule has 0 aliphatic heterocycles. The SMILES string of the molecule is O=Cc1cnccc1-c1ccc(F)cc1F. The Balaban J connectivity index is 2.62. The third-order valence-electron chi connectivity index (χ3n) is 2.20. The fraction of sp³-hybridized carbons (Fsp3) is 0. The van der Waals surface area contributed by atoms with Gasteiger partial charge in [-0.15, -0.1) is 0 Å². The number of rotatable bonds is 2. The Hall–Kier alpha value is -2.10. The van der Waals surface area contributed by atoms with E-state index in [1.807, 2.05) is 0 Å². The fourth-order valence-corrected chi connectivity index (χ4v) is 1.45. The van der Waals surface area contributed by atoms with Gasteiger partial charge in [-0.1, -0.05) is 0 Å². The van der Waals surface area contributed by atoms with Crippen LogP contribution in [0.25, 0.3) is 11.1 Å². The van der Waals surface area contributed by atoms with Crippen LogP contribution in [0, 0.1) is 11.6 Å². The average Bonchev–Trinajstić information content (AvgIpc) is 2.29. The lowest BCUT2D eigenvalue weighted by atomic mass is 10.0. The van der Waals surface area contributed by atoms with E-state index < -0.39 is 11.6 Å². The van der Waals surface area contributed by atoms with Crippen LogP contribution in [0.1, 0.15) is 10.4 Å². The Labute approximate surface area is 90.6 Å². The van der Waals surface area contributed by atoms with Gasteiger partial charge < -0.3 is 0 Å². The van der Waals surface area contributed by atoms with Crippen molar-refractivity contribution >= 4 is 6.29 Å². The molecule has 1 heterocycles. The number of benzene rings is 1. The van der Waals surface area contributed by atoms with E-state index in [2.05, 4.69) is 4.98 Å². The molecule has 16 heavy (non-hydrogen) atoms. The normalized spacial score (nSPS) is 10.1. The van der Waals surface area contributed by atoms with Gasteiger partial charge in [0.15, 0.2) is 6.29 Å². The number of aromatic nitrogens is 1. The number of carbonyl (C=O) groups excluding carboxylic acids is 1. The number of aldehydes is 1. The highest BCUT2D eigenvalue weighted by Crippen LogP contribution is 2.25. The molecule has 0 N–H and O–H groups in total. The molecule has 0 saturated carbocycles. The zero-order valence-electron chi connectivity index (χ0n) is 8.15. The summed E-state index contributed by atoms with van der Waals surface area (Å²) in [5.41, 5.74) is 0.862. The molecule has 0 amide bonds. The van der Waals surface area contributed by atoms with Gasteiger partial charge in [-0.3, -0.25) is 9.78 Å². The molecule has 0 fully saturated rings. The average molecular weight is 219 g/mol. The minimum atomic E-state index is -0.700. The smallest absolute Gasteiger partial charge is 0.152 e. The molecule has 0 bridgehead atoms. The molecule has 0 saturated heterocycles. The van der Waals surface area contributed by atoms with Crippen molar-refractivity contribution in [2.24, 2.45) is 0 Å². The molecule has 0 unspecified atom stereocenters. The lowest BCUT2D eigenvalue weighted by Gasteiger charge is -2.05. The largest absolute Gasteiger partial charge is 0.298 e. The summed E-state index contributed by atoms with van der Waals surface area (Å²) >= 11 is 0. The fourth-order valence-electron chi connectivity index (χ4n) is 1.45. The summed E-state index contributed by atoms with van der Waals surface area (Å²) in [6.07, 6.45) is 3.38. The summed E-state index contributed by atoms with van der Waals surface area (Å²) in [6.45, 7) is 0. The van der Waals surface area contributed by atoms with Gasteiger partial charge in [0.2, 0.25) is 0 Å². The molecular formula is C12H7F2NO. The van der Waals surface area contributed by atoms with E-state index in [4.69, 9.17) is 0 Å². The predicted molar refractivity (Wildman–Crippen MR) is 55.0 cm³/mol. The number of pyridine rings is 1. The highest BCUT2D eigenvalue weighted by atomic mass is 19.1. The molecule has 2 nitrogen and oxygen atoms in total. The second-order valence-electron chi connectivity index (χ2n) is 3.20. The number of halogens is 2. The quantitative estimate of drug-likeness (QED) is 0.727. The van der Waals surface area contributed by atoms with Crippen LogP contribution in [0.15, 0.2) is 36.7 Å². The van der Waals surface area contributed by atoms with E-state index in [0.717, 1.165) is 12.1 Å². The van der Waals surface area contributed by atoms with E-state index in [0.29, 0.717) is 11.8 Å². The van der Waals surface area contributed by atoms with Crippen molar-refractivity contribution in [2.45, 2.75) is 0 Å². The van der Waals surface area contributed by atoms with Gasteiger partial charge in [0.1, 0.15) is 11.6 Å². The molecule has 0 aliphatic carbocycles. The Morgan fingerprint density at radius 3 is 2.62 bits per heavy atom. The number of nitrogens with zero attached hydrogens (tertiary/aromatic N) is 1. The van der Waals surface area contributed by atoms with Crippen molar-refractivity contribution in [1.82, 2.24) is 4.98 Å². The van der Waals surface area contributed by atoms with E-state index in [1.165, 1.54) is 24.5 Å². The van der Waals surface area contributed by atoms with E-state index in [1.54, 1.807) is 0 Å². The number of carbonyl (C=O) groups is 1. The maximum atomic E-state index is 13.5. The molecule has 0 atom stereocenters. The number of hydrogen-bond donors (Lipinski definition) is 0. The topological polar surface area (TPSA) is 30.0 Å². The lowest BCUT2D eigenvalue weighted by molar-refractivity contribution is 0.112. The van der Waals surface area contributed by atoms with Crippen molar-refractivity contribution in [3.63, 3.8) is 0 Å². The molecule has 1 aromatic carbocycles. The summed E-state index contributed by atoms with van der Waals surface area (Å²) in [4.78, 5) is 14.5. The van der Waals surface area contributed by atoms with Crippen molar-refractivity contribution < 1.29 is 13.6 Å². The molecular weight excluding hydrogens is 212 g/mol. The standard InChI is InChI=1S/C12H7F2NO/c13-9-1-2-11(12(14)5-9)10-3-4-15-6-8(10)7-16/h1-7H. The van der Waals surface area contributed by atoms with Gasteiger partial charge in [-0.05, 0) is 23.8 Å². The second-order valence-corrected chi connectivity index (χ2v) is 3.20. The van der Waals surface area contributed by atoms with Crippen molar-refractivity contribution in [1.29, 1.82) is 0 Å². The first kappa shape index (κ1) is 10.4. The molecule has 80 valence electrons. The molecule has 0 radical (unpaired) electrons. The lowest BCUT2D eigenvalue weighted by Crippen LogP contribution is -1.92. The predicted octanol–water partition coefficient (Wildman–Crippen LogP) is 2.84. The Morgan fingerprint density at radius 1 is 1.12 bits per heavy atom. The second kappa shape index (κ2) is 4.18. The Kier molecular flexibility index (Phi) is 2.72. The minimum absolute atomic E-state index is 0.186. The summed E-state index contributed by atoms with van der Waals surface area (Å²) in [5, 5.41) is 0. The summed E-state index contributed by atoms with van der Waals surface area (Å²) in [6, 6.07) is 4.74.